The summed E-state index contributed by atoms with van der Waals surface area (Å²) in [4.78, 5) is 13.0. The van der Waals surface area contributed by atoms with Crippen LogP contribution in [0.5, 0.6) is 0 Å². The van der Waals surface area contributed by atoms with E-state index in [9.17, 15) is 4.79 Å². The zero-order valence-corrected chi connectivity index (χ0v) is 9.95. The molecule has 1 aliphatic rings. The molecule has 16 heavy (non-hydrogen) atoms. The zero-order chi connectivity index (χ0) is 11.4. The molecule has 2 N–H and O–H groups in total. The Morgan fingerprint density at radius 2 is 2.12 bits per heavy atom. The van der Waals surface area contributed by atoms with Crippen LogP contribution < -0.4 is 5.73 Å². The van der Waals surface area contributed by atoms with Crippen molar-refractivity contribution in [3.05, 3.63) is 35.9 Å². The van der Waals surface area contributed by atoms with Crippen LogP contribution in [0, 0.1) is 0 Å². The van der Waals surface area contributed by atoms with Gasteiger partial charge in [-0.25, -0.2) is 4.79 Å². The Bertz CT molecular complexity index is 355. The number of urea groups is 1. The van der Waals surface area contributed by atoms with Gasteiger partial charge in [-0.15, -0.1) is 0 Å². The van der Waals surface area contributed by atoms with Crippen molar-refractivity contribution in [2.45, 2.75) is 11.7 Å². The molecule has 1 heterocycles. The van der Waals surface area contributed by atoms with Gasteiger partial charge < -0.3 is 10.6 Å². The van der Waals surface area contributed by atoms with E-state index >= 15 is 0 Å². The van der Waals surface area contributed by atoms with Crippen LogP contribution >= 0.6 is 11.8 Å². The van der Waals surface area contributed by atoms with Gasteiger partial charge in [0, 0.05) is 18.3 Å². The lowest BCUT2D eigenvalue weighted by molar-refractivity contribution is 0.209. The van der Waals surface area contributed by atoms with Gasteiger partial charge in [0.2, 0.25) is 0 Å². The number of primary amides is 1. The Balaban J connectivity index is 2.12. The van der Waals surface area contributed by atoms with Crippen molar-refractivity contribution in [3.63, 3.8) is 0 Å². The number of thioether (sulfide) groups is 1. The molecule has 0 aromatic heterocycles. The van der Waals surface area contributed by atoms with Gasteiger partial charge in [-0.1, -0.05) is 30.3 Å². The predicted octanol–water partition coefficient (Wildman–Crippen LogP) is 2.25. The number of amides is 2. The maximum atomic E-state index is 11.2. The minimum absolute atomic E-state index is 0.302. The monoisotopic (exact) mass is 236 g/mol. The molecule has 1 unspecified atom stereocenters. The van der Waals surface area contributed by atoms with Crippen molar-refractivity contribution in [1.29, 1.82) is 0 Å². The largest absolute Gasteiger partial charge is 0.351 e. The lowest BCUT2D eigenvalue weighted by Crippen LogP contribution is -2.37. The average molecular weight is 236 g/mol. The minimum atomic E-state index is -0.302. The third-order valence-electron chi connectivity index (χ3n) is 2.76. The quantitative estimate of drug-likeness (QED) is 0.813. The third-order valence-corrected chi connectivity index (χ3v) is 4.11. The highest BCUT2D eigenvalue weighted by Crippen LogP contribution is 2.32. The van der Waals surface area contributed by atoms with Crippen LogP contribution in [-0.4, -0.2) is 29.8 Å². The molecular formula is C12H16N2OS. The summed E-state index contributed by atoms with van der Waals surface area (Å²) >= 11 is 1.91. The van der Waals surface area contributed by atoms with E-state index in [1.807, 2.05) is 30.0 Å². The molecule has 2 rings (SSSR count). The van der Waals surface area contributed by atoms with Crippen LogP contribution in [0.25, 0.3) is 0 Å². The number of carbonyl (C=O) groups is 1. The zero-order valence-electron chi connectivity index (χ0n) is 9.13. The van der Waals surface area contributed by atoms with Crippen molar-refractivity contribution in [2.75, 3.05) is 18.8 Å². The summed E-state index contributed by atoms with van der Waals surface area (Å²) in [6.45, 7) is 1.51. The summed E-state index contributed by atoms with van der Waals surface area (Å²) in [7, 11) is 0. The third kappa shape index (κ3) is 2.70. The molecular weight excluding hydrogens is 220 g/mol. The fraction of sp³-hybridized carbons (Fsp3) is 0.417. The molecule has 1 aliphatic heterocycles. The van der Waals surface area contributed by atoms with Gasteiger partial charge in [0.25, 0.3) is 0 Å². The van der Waals surface area contributed by atoms with Crippen molar-refractivity contribution in [2.24, 2.45) is 5.73 Å². The van der Waals surface area contributed by atoms with E-state index in [2.05, 4.69) is 12.1 Å². The van der Waals surface area contributed by atoms with E-state index in [1.54, 1.807) is 4.90 Å². The molecule has 4 heteroatoms. The minimum Gasteiger partial charge on any atom is -0.351 e. The summed E-state index contributed by atoms with van der Waals surface area (Å²) in [5, 5.41) is 0.358. The lowest BCUT2D eigenvalue weighted by atomic mass is 10.1. The van der Waals surface area contributed by atoms with Crippen molar-refractivity contribution in [3.8, 4) is 0 Å². The molecule has 3 nitrogen and oxygen atoms in total. The maximum absolute atomic E-state index is 11.2. The normalized spacial score (nSPS) is 21.5. The van der Waals surface area contributed by atoms with E-state index < -0.39 is 0 Å². The van der Waals surface area contributed by atoms with E-state index in [1.165, 1.54) is 5.56 Å². The Morgan fingerprint density at radius 1 is 1.38 bits per heavy atom. The molecule has 1 atom stereocenters. The summed E-state index contributed by atoms with van der Waals surface area (Å²) in [5.74, 6) is 1.09. The Labute approximate surface area is 100.0 Å². The molecule has 2 amide bonds. The van der Waals surface area contributed by atoms with Crippen LogP contribution in [0.2, 0.25) is 0 Å². The van der Waals surface area contributed by atoms with Gasteiger partial charge in [-0.2, -0.15) is 11.8 Å². The van der Waals surface area contributed by atoms with Crippen LogP contribution in [0.3, 0.4) is 0 Å². The second kappa shape index (κ2) is 5.25. The SMILES string of the molecule is NC(=O)N1CCCSC(c2ccccc2)C1. The number of hydrogen-bond donors (Lipinski definition) is 1. The topological polar surface area (TPSA) is 46.3 Å². The Morgan fingerprint density at radius 3 is 2.81 bits per heavy atom. The molecule has 86 valence electrons. The van der Waals surface area contributed by atoms with Gasteiger partial charge in [0.1, 0.15) is 0 Å². The highest BCUT2D eigenvalue weighted by Gasteiger charge is 2.21. The first-order chi connectivity index (χ1) is 7.77. The molecule has 0 aliphatic carbocycles. The predicted molar refractivity (Wildman–Crippen MR) is 67.4 cm³/mol. The van der Waals surface area contributed by atoms with Crippen LogP contribution in [0.4, 0.5) is 4.79 Å². The smallest absolute Gasteiger partial charge is 0.314 e. The second-order valence-electron chi connectivity index (χ2n) is 3.91. The fourth-order valence-corrected chi connectivity index (χ4v) is 3.11. The molecule has 1 saturated heterocycles. The summed E-state index contributed by atoms with van der Waals surface area (Å²) < 4.78 is 0. The molecule has 0 spiro atoms. The Kier molecular flexibility index (Phi) is 3.72. The van der Waals surface area contributed by atoms with Crippen LogP contribution in [0.1, 0.15) is 17.2 Å². The van der Waals surface area contributed by atoms with Crippen LogP contribution in [0.15, 0.2) is 30.3 Å². The second-order valence-corrected chi connectivity index (χ2v) is 5.22. The van der Waals surface area contributed by atoms with E-state index in [-0.39, 0.29) is 6.03 Å². The molecule has 1 fully saturated rings. The summed E-state index contributed by atoms with van der Waals surface area (Å²) in [6.07, 6.45) is 1.02. The number of nitrogens with zero attached hydrogens (tertiary/aromatic N) is 1. The average Bonchev–Trinajstić information content (AvgIpc) is 2.56. The number of rotatable bonds is 1. The summed E-state index contributed by atoms with van der Waals surface area (Å²) in [6, 6.07) is 10.0. The highest BCUT2D eigenvalue weighted by atomic mass is 32.2. The van der Waals surface area contributed by atoms with Gasteiger partial charge in [0.05, 0.1) is 0 Å². The number of benzene rings is 1. The standard InChI is InChI=1S/C12H16N2OS/c13-12(15)14-7-4-8-16-11(9-14)10-5-2-1-3-6-10/h1-3,5-6,11H,4,7-9H2,(H2,13,15). The fourth-order valence-electron chi connectivity index (χ4n) is 1.89. The first kappa shape index (κ1) is 11.3. The first-order valence-corrected chi connectivity index (χ1v) is 6.53. The van der Waals surface area contributed by atoms with E-state index in [0.29, 0.717) is 5.25 Å². The number of nitrogens with two attached hydrogens (primary N) is 1. The Hall–Kier alpha value is -1.16. The van der Waals surface area contributed by atoms with Crippen molar-refractivity contribution in [1.82, 2.24) is 4.90 Å². The van der Waals surface area contributed by atoms with Crippen molar-refractivity contribution >= 4 is 17.8 Å². The number of carbonyl (C=O) groups excluding carboxylic acids is 1. The molecule has 1 aromatic carbocycles. The highest BCUT2D eigenvalue weighted by molar-refractivity contribution is 7.99. The molecule has 0 bridgehead atoms. The first-order valence-electron chi connectivity index (χ1n) is 5.48. The van der Waals surface area contributed by atoms with Gasteiger partial charge in [-0.3, -0.25) is 0 Å². The number of hydrogen-bond acceptors (Lipinski definition) is 2. The molecule has 0 saturated carbocycles. The van der Waals surface area contributed by atoms with Gasteiger partial charge in [0.15, 0.2) is 0 Å². The lowest BCUT2D eigenvalue weighted by Gasteiger charge is -2.22. The summed E-state index contributed by atoms with van der Waals surface area (Å²) in [5.41, 5.74) is 6.63. The molecule has 0 radical (unpaired) electrons. The van der Waals surface area contributed by atoms with Gasteiger partial charge in [-0.05, 0) is 17.7 Å². The van der Waals surface area contributed by atoms with E-state index in [0.717, 1.165) is 25.3 Å². The van der Waals surface area contributed by atoms with Crippen LogP contribution in [-0.2, 0) is 0 Å². The maximum Gasteiger partial charge on any atom is 0.314 e. The van der Waals surface area contributed by atoms with Gasteiger partial charge >= 0.3 is 6.03 Å². The van der Waals surface area contributed by atoms with E-state index in [4.69, 9.17) is 5.73 Å². The molecule has 1 aromatic rings. The van der Waals surface area contributed by atoms with Crippen molar-refractivity contribution < 1.29 is 4.79 Å².